The van der Waals surface area contributed by atoms with Crippen LogP contribution >= 0.6 is 0 Å². The van der Waals surface area contributed by atoms with Gasteiger partial charge in [-0.25, -0.2) is 8.42 Å². The largest absolute Gasteiger partial charge is 0.377 e. The summed E-state index contributed by atoms with van der Waals surface area (Å²) in [5, 5.41) is 7.75. The lowest BCUT2D eigenvalue weighted by molar-refractivity contribution is -0.135. The van der Waals surface area contributed by atoms with Crippen molar-refractivity contribution >= 4 is 21.7 Å². The maximum Gasteiger partial charge on any atom is 0.263 e. The molecule has 0 radical (unpaired) electrons. The Labute approximate surface area is 285 Å². The lowest BCUT2D eigenvalue weighted by atomic mass is 9.86. The van der Waals surface area contributed by atoms with Gasteiger partial charge in [0.25, 0.3) is 10.0 Å². The number of aryl methyl sites for hydroxylation is 1. The molecule has 260 valence electrons. The van der Waals surface area contributed by atoms with Crippen molar-refractivity contribution in [3.63, 3.8) is 0 Å². The molecule has 3 aromatic rings. The number of nitrogens with zero attached hydrogens (tertiary/aromatic N) is 3. The lowest BCUT2D eigenvalue weighted by Gasteiger charge is -2.40. The molecule has 0 unspecified atom stereocenters. The number of carbonyl (C=O) groups is 1. The lowest BCUT2D eigenvalue weighted by Crippen LogP contribution is -2.56. The Hall–Kier alpha value is -3.25. The van der Waals surface area contributed by atoms with Crippen molar-refractivity contribution in [2.45, 2.75) is 121 Å². The molecule has 2 saturated heterocycles. The molecule has 10 nitrogen and oxygen atoms in total. The first-order valence-corrected chi connectivity index (χ1v) is 19.2. The molecule has 3 aliphatic rings. The summed E-state index contributed by atoms with van der Waals surface area (Å²) >= 11 is 0. The number of sulfonamides is 1. The van der Waals surface area contributed by atoms with Crippen LogP contribution in [0, 0.1) is 13.8 Å². The van der Waals surface area contributed by atoms with E-state index < -0.39 is 15.6 Å². The predicted molar refractivity (Wildman–Crippen MR) is 187 cm³/mol. The Morgan fingerprint density at radius 2 is 1.81 bits per heavy atom. The maximum atomic E-state index is 14.3. The number of unbranched alkanes of at least 4 members (excludes halogenated alkanes) is 1. The van der Waals surface area contributed by atoms with E-state index in [-0.39, 0.29) is 22.8 Å². The first-order valence-electron chi connectivity index (χ1n) is 17.7. The van der Waals surface area contributed by atoms with E-state index in [0.717, 1.165) is 61.9 Å². The molecule has 1 amide bonds. The van der Waals surface area contributed by atoms with Crippen LogP contribution in [0.5, 0.6) is 0 Å². The third-order valence-electron chi connectivity index (χ3n) is 10.7. The highest BCUT2D eigenvalue weighted by atomic mass is 32.2. The van der Waals surface area contributed by atoms with Crippen LogP contribution in [0.15, 0.2) is 51.9 Å². The number of carbonyl (C=O) groups excluding carboxylic acids is 1. The fourth-order valence-electron chi connectivity index (χ4n) is 7.74. The van der Waals surface area contributed by atoms with Crippen LogP contribution in [0.2, 0.25) is 0 Å². The van der Waals surface area contributed by atoms with Crippen LogP contribution in [0.1, 0.15) is 94.1 Å². The molecule has 3 heterocycles. The number of aromatic nitrogens is 1. The average Bonchev–Trinajstić information content (AvgIpc) is 3.80. The minimum absolute atomic E-state index is 0.00827. The van der Waals surface area contributed by atoms with E-state index >= 15 is 0 Å². The molecule has 2 aromatic carbocycles. The van der Waals surface area contributed by atoms with E-state index in [1.807, 2.05) is 31.2 Å². The zero-order valence-corrected chi connectivity index (χ0v) is 29.7. The standard InChI is InChI=1S/C37H51N5O5S/c1-5-7-16-34-38-37(19-21-41(22-20-37)30-12-8-9-13-30)36(43)42(34)24-28-17-18-31(29(23-28)25-46-6-2)32-14-10-11-15-33(32)48(44,45)40-35-26(3)27(4)47-39-35/h10-11,14-15,17-18,23,30,34,38H,5-9,12-13,16,19-22,24-25H2,1-4H3,(H,39,40)/t34-/m0/s1. The van der Waals surface area contributed by atoms with Gasteiger partial charge in [0.05, 0.1) is 17.7 Å². The second-order valence-corrected chi connectivity index (χ2v) is 15.4. The number of piperidine rings is 1. The average molecular weight is 678 g/mol. The number of hydrogen-bond donors (Lipinski definition) is 2. The fourth-order valence-corrected chi connectivity index (χ4v) is 9.02. The molecule has 11 heteroatoms. The molecule has 1 aliphatic carbocycles. The van der Waals surface area contributed by atoms with Gasteiger partial charge in [0, 0.05) is 43.4 Å². The first-order chi connectivity index (χ1) is 23.2. The number of hydrogen-bond acceptors (Lipinski definition) is 8. The first kappa shape index (κ1) is 34.6. The smallest absolute Gasteiger partial charge is 0.263 e. The number of rotatable bonds is 13. The van der Waals surface area contributed by atoms with E-state index in [4.69, 9.17) is 9.26 Å². The van der Waals surface area contributed by atoms with Gasteiger partial charge in [0.1, 0.15) is 11.3 Å². The Balaban J connectivity index is 1.27. The number of benzene rings is 2. The van der Waals surface area contributed by atoms with Crippen molar-refractivity contribution in [2.24, 2.45) is 0 Å². The van der Waals surface area contributed by atoms with Gasteiger partial charge in [-0.1, -0.05) is 74.2 Å². The molecule has 0 bridgehead atoms. The molecule has 2 N–H and O–H groups in total. The van der Waals surface area contributed by atoms with Gasteiger partial charge >= 0.3 is 0 Å². The summed E-state index contributed by atoms with van der Waals surface area (Å²) < 4.78 is 41.1. The van der Waals surface area contributed by atoms with Crippen molar-refractivity contribution in [2.75, 3.05) is 24.4 Å². The third kappa shape index (κ3) is 7.06. The topological polar surface area (TPSA) is 117 Å². The van der Waals surface area contributed by atoms with Crippen molar-refractivity contribution in [3.8, 4) is 11.1 Å². The highest BCUT2D eigenvalue weighted by Gasteiger charge is 2.52. The van der Waals surface area contributed by atoms with E-state index in [1.165, 1.54) is 25.7 Å². The summed E-state index contributed by atoms with van der Waals surface area (Å²) in [5.41, 5.74) is 3.35. The minimum atomic E-state index is -3.99. The predicted octanol–water partition coefficient (Wildman–Crippen LogP) is 6.52. The van der Waals surface area contributed by atoms with E-state index in [9.17, 15) is 13.2 Å². The summed E-state index contributed by atoms with van der Waals surface area (Å²) in [6.45, 7) is 10.9. The van der Waals surface area contributed by atoms with Gasteiger partial charge in [-0.2, -0.15) is 0 Å². The number of ether oxygens (including phenoxy) is 1. The molecule has 1 aromatic heterocycles. The summed E-state index contributed by atoms with van der Waals surface area (Å²) in [7, 11) is -3.99. The molecule has 48 heavy (non-hydrogen) atoms. The Bertz CT molecular complexity index is 1690. The van der Waals surface area contributed by atoms with Gasteiger partial charge in [0.15, 0.2) is 5.82 Å². The number of nitrogens with one attached hydrogen (secondary N) is 2. The molecular formula is C37H51N5O5S. The zero-order chi connectivity index (χ0) is 33.9. The monoisotopic (exact) mass is 677 g/mol. The molecule has 2 aliphatic heterocycles. The van der Waals surface area contributed by atoms with Gasteiger partial charge in [0.2, 0.25) is 5.91 Å². The van der Waals surface area contributed by atoms with Crippen molar-refractivity contribution in [1.29, 1.82) is 0 Å². The molecule has 1 atom stereocenters. The number of amides is 1. The highest BCUT2D eigenvalue weighted by molar-refractivity contribution is 7.92. The molecule has 6 rings (SSSR count). The van der Waals surface area contributed by atoms with Gasteiger partial charge in [-0.15, -0.1) is 0 Å². The Morgan fingerprint density at radius 3 is 2.50 bits per heavy atom. The van der Waals surface area contributed by atoms with Crippen LogP contribution in [-0.4, -0.2) is 66.7 Å². The van der Waals surface area contributed by atoms with Gasteiger partial charge in [-0.3, -0.25) is 14.8 Å². The number of anilines is 1. The quantitative estimate of drug-likeness (QED) is 0.210. The minimum Gasteiger partial charge on any atom is -0.377 e. The van der Waals surface area contributed by atoms with Crippen LogP contribution in [-0.2, 0) is 32.7 Å². The Kier molecular flexibility index (Phi) is 10.6. The maximum absolute atomic E-state index is 14.3. The molecule has 1 saturated carbocycles. The Morgan fingerprint density at radius 1 is 1.06 bits per heavy atom. The number of likely N-dealkylation sites (tertiary alicyclic amines) is 1. The normalized spacial score (nSPS) is 20.3. The van der Waals surface area contributed by atoms with E-state index in [0.29, 0.717) is 42.7 Å². The highest BCUT2D eigenvalue weighted by Crippen LogP contribution is 2.37. The molecule has 3 fully saturated rings. The van der Waals surface area contributed by atoms with Crippen molar-refractivity contribution in [1.82, 2.24) is 20.3 Å². The van der Waals surface area contributed by atoms with Crippen LogP contribution in [0.25, 0.3) is 11.1 Å². The summed E-state index contributed by atoms with van der Waals surface area (Å²) in [6, 6.07) is 13.7. The second kappa shape index (κ2) is 14.7. The van der Waals surface area contributed by atoms with Crippen LogP contribution < -0.4 is 10.0 Å². The summed E-state index contributed by atoms with van der Waals surface area (Å²) in [5.74, 6) is 0.946. The fraction of sp³-hybridized carbons (Fsp3) is 0.568. The van der Waals surface area contributed by atoms with Crippen molar-refractivity contribution < 1.29 is 22.5 Å². The van der Waals surface area contributed by atoms with Crippen LogP contribution in [0.3, 0.4) is 0 Å². The van der Waals surface area contributed by atoms with Gasteiger partial charge in [-0.05, 0) is 75.6 Å². The molecular weight excluding hydrogens is 627 g/mol. The van der Waals surface area contributed by atoms with E-state index in [1.54, 1.807) is 26.0 Å². The second-order valence-electron chi connectivity index (χ2n) is 13.7. The van der Waals surface area contributed by atoms with Crippen LogP contribution in [0.4, 0.5) is 5.82 Å². The van der Waals surface area contributed by atoms with E-state index in [2.05, 4.69) is 38.0 Å². The zero-order valence-electron chi connectivity index (χ0n) is 28.9. The third-order valence-corrected chi connectivity index (χ3v) is 12.0. The summed E-state index contributed by atoms with van der Waals surface area (Å²) in [4.78, 5) is 19.1. The van der Waals surface area contributed by atoms with Crippen molar-refractivity contribution in [3.05, 3.63) is 64.9 Å². The summed E-state index contributed by atoms with van der Waals surface area (Å²) in [6.07, 6.45) is 9.94. The van der Waals surface area contributed by atoms with Gasteiger partial charge < -0.3 is 19.1 Å². The SMILES string of the molecule is CCCC[C@H]1NC2(CCN(C3CCCC3)CC2)C(=O)N1Cc1ccc(-c2ccccc2S(=O)(=O)Nc2noc(C)c2C)c(COCC)c1. The molecule has 1 spiro atoms.